The quantitative estimate of drug-likeness (QED) is 0.615. The molecule has 1 N–H and O–H groups in total. The van der Waals surface area contributed by atoms with E-state index in [9.17, 15) is 4.79 Å². The number of carboxylic acid groups (broad SMARTS) is 1. The third kappa shape index (κ3) is 4.51. The lowest BCUT2D eigenvalue weighted by Crippen LogP contribution is -1.99. The highest BCUT2D eigenvalue weighted by Crippen LogP contribution is 2.37. The second-order valence-electron chi connectivity index (χ2n) is 5.23. The van der Waals surface area contributed by atoms with Crippen molar-refractivity contribution in [1.82, 2.24) is 4.98 Å². The predicted octanol–water partition coefficient (Wildman–Crippen LogP) is 5.32. The van der Waals surface area contributed by atoms with Gasteiger partial charge >= 0.3 is 5.97 Å². The normalized spacial score (nSPS) is 10.6. The number of carboxylic acids is 1. The van der Waals surface area contributed by atoms with Gasteiger partial charge in [0.2, 0.25) is 0 Å². The summed E-state index contributed by atoms with van der Waals surface area (Å²) in [5.41, 5.74) is 2.27. The van der Waals surface area contributed by atoms with Crippen molar-refractivity contribution in [3.05, 3.63) is 68.5 Å². The summed E-state index contributed by atoms with van der Waals surface area (Å²) < 4.78 is 5.74. The lowest BCUT2D eigenvalue weighted by Gasteiger charge is -2.11. The Kier molecular flexibility index (Phi) is 5.58. The van der Waals surface area contributed by atoms with Crippen LogP contribution in [0.4, 0.5) is 0 Å². The number of carbonyl (C=O) groups is 1. The van der Waals surface area contributed by atoms with Crippen molar-refractivity contribution >= 4 is 40.5 Å². The third-order valence-electron chi connectivity index (χ3n) is 3.39. The van der Waals surface area contributed by atoms with Gasteiger partial charge in [-0.3, -0.25) is 4.79 Å². The van der Waals surface area contributed by atoms with Crippen LogP contribution in [-0.4, -0.2) is 16.1 Å². The summed E-state index contributed by atoms with van der Waals surface area (Å²) in [5, 5.41) is 12.0. The molecule has 0 aliphatic rings. The van der Waals surface area contributed by atoms with Crippen LogP contribution in [0.2, 0.25) is 10.0 Å². The number of thiazole rings is 1. The largest absolute Gasteiger partial charge is 0.487 e. The molecule has 25 heavy (non-hydrogen) atoms. The number of hydrogen-bond donors (Lipinski definition) is 1. The van der Waals surface area contributed by atoms with Gasteiger partial charge in [0.15, 0.2) is 0 Å². The number of nitrogens with zero attached hydrogens (tertiary/aromatic N) is 1. The summed E-state index contributed by atoms with van der Waals surface area (Å²) in [5.74, 6) is -0.435. The molecule has 4 nitrogen and oxygen atoms in total. The molecular formula is C18H13Cl2NO3S. The number of hydrogen-bond acceptors (Lipinski definition) is 4. The molecule has 0 fully saturated rings. The van der Waals surface area contributed by atoms with Crippen LogP contribution in [0.3, 0.4) is 0 Å². The molecule has 3 aromatic rings. The van der Waals surface area contributed by atoms with Crippen LogP contribution in [0.15, 0.2) is 47.8 Å². The fourth-order valence-corrected chi connectivity index (χ4v) is 3.47. The van der Waals surface area contributed by atoms with Crippen molar-refractivity contribution in [3.63, 3.8) is 0 Å². The summed E-state index contributed by atoms with van der Waals surface area (Å²) in [7, 11) is 0. The smallest absolute Gasteiger partial charge is 0.310 e. The number of aliphatic carboxylic acids is 1. The fraction of sp³-hybridized carbons (Fsp3) is 0.111. The van der Waals surface area contributed by atoms with Crippen LogP contribution in [0.25, 0.3) is 11.3 Å². The van der Waals surface area contributed by atoms with Gasteiger partial charge in [-0.15, -0.1) is 11.3 Å². The maximum atomic E-state index is 10.8. The standard InChI is InChI=1S/C18H13Cl2NO3S/c19-13-7-16(24-9-11-4-2-1-3-5-11)14(20)6-12(13)15-10-25-17(21-15)8-18(22)23/h1-7,10H,8-9H2,(H,22,23). The van der Waals surface area contributed by atoms with Crippen molar-refractivity contribution in [2.45, 2.75) is 13.0 Å². The average Bonchev–Trinajstić information content (AvgIpc) is 3.03. The zero-order valence-electron chi connectivity index (χ0n) is 12.9. The molecule has 3 rings (SSSR count). The Balaban J connectivity index is 1.80. The molecule has 0 spiro atoms. The third-order valence-corrected chi connectivity index (χ3v) is 4.85. The van der Waals surface area contributed by atoms with E-state index in [-0.39, 0.29) is 6.42 Å². The summed E-state index contributed by atoms with van der Waals surface area (Å²) in [6, 6.07) is 13.1. The first-order valence-electron chi connectivity index (χ1n) is 7.35. The Bertz CT molecular complexity index is 897. The number of aromatic nitrogens is 1. The minimum absolute atomic E-state index is 0.117. The molecule has 0 radical (unpaired) electrons. The van der Waals surface area contributed by atoms with E-state index in [0.717, 1.165) is 5.56 Å². The average molecular weight is 394 g/mol. The van der Waals surface area contributed by atoms with Crippen molar-refractivity contribution in [3.8, 4) is 17.0 Å². The molecule has 0 bridgehead atoms. The zero-order valence-corrected chi connectivity index (χ0v) is 15.2. The first kappa shape index (κ1) is 17.7. The van der Waals surface area contributed by atoms with Crippen molar-refractivity contribution < 1.29 is 14.6 Å². The number of ether oxygens (including phenoxy) is 1. The van der Waals surface area contributed by atoms with Gasteiger partial charge in [-0.2, -0.15) is 0 Å². The van der Waals surface area contributed by atoms with Gasteiger partial charge in [0.25, 0.3) is 0 Å². The molecule has 1 aromatic heterocycles. The molecule has 0 atom stereocenters. The highest BCUT2D eigenvalue weighted by molar-refractivity contribution is 7.10. The van der Waals surface area contributed by atoms with Gasteiger partial charge in [0.05, 0.1) is 22.2 Å². The molecule has 0 saturated heterocycles. The summed E-state index contributed by atoms with van der Waals surface area (Å²) in [6.45, 7) is 0.385. The highest BCUT2D eigenvalue weighted by atomic mass is 35.5. The SMILES string of the molecule is O=C(O)Cc1nc(-c2cc(Cl)c(OCc3ccccc3)cc2Cl)cs1. The lowest BCUT2D eigenvalue weighted by molar-refractivity contribution is -0.136. The molecule has 0 aliphatic heterocycles. The second-order valence-corrected chi connectivity index (χ2v) is 6.99. The van der Waals surface area contributed by atoms with Crippen molar-refractivity contribution in [2.75, 3.05) is 0 Å². The molecule has 2 aromatic carbocycles. The predicted molar refractivity (Wildman–Crippen MR) is 99.7 cm³/mol. The minimum atomic E-state index is -0.922. The van der Waals surface area contributed by atoms with E-state index < -0.39 is 5.97 Å². The Labute approximate surface area is 158 Å². The van der Waals surface area contributed by atoms with Crippen molar-refractivity contribution in [2.24, 2.45) is 0 Å². The highest BCUT2D eigenvalue weighted by Gasteiger charge is 2.14. The molecule has 0 amide bonds. The van der Waals surface area contributed by atoms with E-state index >= 15 is 0 Å². The maximum absolute atomic E-state index is 10.8. The van der Waals surface area contributed by atoms with Gasteiger partial charge in [-0.1, -0.05) is 53.5 Å². The molecule has 7 heteroatoms. The lowest BCUT2D eigenvalue weighted by atomic mass is 10.1. The molecule has 0 aliphatic carbocycles. The molecule has 1 heterocycles. The van der Waals surface area contributed by atoms with Gasteiger partial charge in [-0.25, -0.2) is 4.98 Å². The number of halogens is 2. The van der Waals surface area contributed by atoms with E-state index in [4.69, 9.17) is 33.0 Å². The first-order valence-corrected chi connectivity index (χ1v) is 8.99. The van der Waals surface area contributed by atoms with E-state index in [1.807, 2.05) is 30.3 Å². The van der Waals surface area contributed by atoms with Crippen LogP contribution >= 0.6 is 34.5 Å². The number of rotatable bonds is 6. The van der Waals surface area contributed by atoms with E-state index in [1.54, 1.807) is 17.5 Å². The van der Waals surface area contributed by atoms with Crippen LogP contribution in [0, 0.1) is 0 Å². The molecule has 128 valence electrons. The van der Waals surface area contributed by atoms with Gasteiger partial charge in [-0.05, 0) is 11.6 Å². The topological polar surface area (TPSA) is 59.4 Å². The second kappa shape index (κ2) is 7.87. The van der Waals surface area contributed by atoms with Crippen LogP contribution < -0.4 is 4.74 Å². The fourth-order valence-electron chi connectivity index (χ4n) is 2.22. The van der Waals surface area contributed by atoms with Crippen LogP contribution in [-0.2, 0) is 17.8 Å². The first-order chi connectivity index (χ1) is 12.0. The summed E-state index contributed by atoms with van der Waals surface area (Å²) in [4.78, 5) is 15.1. The summed E-state index contributed by atoms with van der Waals surface area (Å²) in [6.07, 6.45) is -0.117. The molecule has 0 unspecified atom stereocenters. The Morgan fingerprint density at radius 2 is 1.92 bits per heavy atom. The minimum Gasteiger partial charge on any atom is -0.487 e. The molecular weight excluding hydrogens is 381 g/mol. The van der Waals surface area contributed by atoms with Crippen molar-refractivity contribution in [1.29, 1.82) is 0 Å². The monoisotopic (exact) mass is 393 g/mol. The van der Waals surface area contributed by atoms with Gasteiger partial charge in [0, 0.05) is 17.0 Å². The van der Waals surface area contributed by atoms with E-state index in [0.29, 0.717) is 38.7 Å². The zero-order chi connectivity index (χ0) is 17.8. The maximum Gasteiger partial charge on any atom is 0.310 e. The Morgan fingerprint density at radius 1 is 1.16 bits per heavy atom. The molecule has 0 saturated carbocycles. The van der Waals surface area contributed by atoms with Gasteiger partial charge in [0.1, 0.15) is 17.4 Å². The number of benzene rings is 2. The van der Waals surface area contributed by atoms with Gasteiger partial charge < -0.3 is 9.84 Å². The Hall–Kier alpha value is -2.08. The Morgan fingerprint density at radius 3 is 2.64 bits per heavy atom. The van der Waals surface area contributed by atoms with E-state index in [1.165, 1.54) is 11.3 Å². The van der Waals surface area contributed by atoms with Crippen LogP contribution in [0.1, 0.15) is 10.6 Å². The summed E-state index contributed by atoms with van der Waals surface area (Å²) >= 11 is 13.9. The van der Waals surface area contributed by atoms with Crippen LogP contribution in [0.5, 0.6) is 5.75 Å². The van der Waals surface area contributed by atoms with E-state index in [2.05, 4.69) is 4.98 Å².